The van der Waals surface area contributed by atoms with Crippen molar-refractivity contribution < 1.29 is 4.79 Å². The highest BCUT2D eigenvalue weighted by molar-refractivity contribution is 5.96. The maximum Gasteiger partial charge on any atom is 0.251 e. The van der Waals surface area contributed by atoms with Crippen LogP contribution in [0.4, 0.5) is 11.4 Å². The largest absolute Gasteiger partial charge is 0.349 e. The van der Waals surface area contributed by atoms with Crippen molar-refractivity contribution in [3.05, 3.63) is 109 Å². The van der Waals surface area contributed by atoms with Crippen LogP contribution in [0.1, 0.15) is 41.7 Å². The third-order valence-electron chi connectivity index (χ3n) is 5.99. The van der Waals surface area contributed by atoms with Crippen LogP contribution >= 0.6 is 0 Å². The number of benzene rings is 2. The van der Waals surface area contributed by atoms with Gasteiger partial charge in [-0.2, -0.15) is 0 Å². The number of carbonyl (C=O) groups is 1. The van der Waals surface area contributed by atoms with Crippen LogP contribution < -0.4 is 10.2 Å². The summed E-state index contributed by atoms with van der Waals surface area (Å²) in [5.74, 6) is -0.00257. The minimum atomic E-state index is -0.00257. The Morgan fingerprint density at radius 3 is 2.24 bits per heavy atom. The van der Waals surface area contributed by atoms with Crippen LogP contribution in [0.3, 0.4) is 0 Å². The Hall–Kier alpha value is -3.99. The quantitative estimate of drug-likeness (QED) is 0.391. The van der Waals surface area contributed by atoms with Crippen molar-refractivity contribution in [1.29, 1.82) is 0 Å². The average Bonchev–Trinajstić information content (AvgIpc) is 3.69. The van der Waals surface area contributed by atoms with Crippen molar-refractivity contribution in [2.75, 3.05) is 4.90 Å². The SMILES string of the molecule is CC(c1ccccc1-c1cccc(C(=O)NC2CC2)c1)N(c1cccnc1)c1cccnc1. The zero-order valence-electron chi connectivity index (χ0n) is 18.6. The van der Waals surface area contributed by atoms with Gasteiger partial charge in [0.2, 0.25) is 0 Å². The second-order valence-corrected chi connectivity index (χ2v) is 8.38. The lowest BCUT2D eigenvalue weighted by molar-refractivity contribution is 0.0951. The number of pyridine rings is 2. The zero-order valence-corrected chi connectivity index (χ0v) is 18.6. The summed E-state index contributed by atoms with van der Waals surface area (Å²) in [7, 11) is 0. The van der Waals surface area contributed by atoms with E-state index in [1.54, 1.807) is 12.4 Å². The van der Waals surface area contributed by atoms with E-state index in [-0.39, 0.29) is 11.9 Å². The molecule has 0 saturated heterocycles. The topological polar surface area (TPSA) is 58.1 Å². The van der Waals surface area contributed by atoms with Crippen LogP contribution in [0.25, 0.3) is 11.1 Å². The molecule has 33 heavy (non-hydrogen) atoms. The van der Waals surface area contributed by atoms with Gasteiger partial charge in [0.15, 0.2) is 0 Å². The molecule has 5 rings (SSSR count). The molecule has 0 spiro atoms. The van der Waals surface area contributed by atoms with Crippen molar-refractivity contribution in [3.8, 4) is 11.1 Å². The predicted molar refractivity (Wildman–Crippen MR) is 131 cm³/mol. The summed E-state index contributed by atoms with van der Waals surface area (Å²) in [6.07, 6.45) is 9.45. The maximum atomic E-state index is 12.6. The molecule has 0 bridgehead atoms. The van der Waals surface area contributed by atoms with Crippen LogP contribution in [0.2, 0.25) is 0 Å². The van der Waals surface area contributed by atoms with Gasteiger partial charge in [-0.05, 0) is 72.9 Å². The molecule has 1 aliphatic carbocycles. The third-order valence-corrected chi connectivity index (χ3v) is 5.99. The normalized spacial score (nSPS) is 13.8. The van der Waals surface area contributed by atoms with Crippen molar-refractivity contribution in [3.63, 3.8) is 0 Å². The van der Waals surface area contributed by atoms with Gasteiger partial charge in [-0.15, -0.1) is 0 Å². The van der Waals surface area contributed by atoms with Crippen molar-refractivity contribution in [2.24, 2.45) is 0 Å². The van der Waals surface area contributed by atoms with E-state index in [1.165, 1.54) is 0 Å². The fourth-order valence-corrected chi connectivity index (χ4v) is 4.18. The number of nitrogens with zero attached hydrogens (tertiary/aromatic N) is 3. The van der Waals surface area contributed by atoms with E-state index in [0.29, 0.717) is 11.6 Å². The molecule has 2 aromatic carbocycles. The molecular formula is C28H26N4O. The Morgan fingerprint density at radius 1 is 0.909 bits per heavy atom. The second kappa shape index (κ2) is 9.25. The molecule has 1 fully saturated rings. The number of anilines is 2. The van der Waals surface area contributed by atoms with E-state index < -0.39 is 0 Å². The van der Waals surface area contributed by atoms with E-state index in [2.05, 4.69) is 63.5 Å². The lowest BCUT2D eigenvalue weighted by Crippen LogP contribution is -2.25. The van der Waals surface area contributed by atoms with Gasteiger partial charge in [0, 0.05) is 24.0 Å². The monoisotopic (exact) mass is 434 g/mol. The highest BCUT2D eigenvalue weighted by Gasteiger charge is 2.25. The summed E-state index contributed by atoms with van der Waals surface area (Å²) in [6.45, 7) is 2.18. The molecule has 1 amide bonds. The van der Waals surface area contributed by atoms with Crippen molar-refractivity contribution in [1.82, 2.24) is 15.3 Å². The van der Waals surface area contributed by atoms with Gasteiger partial charge in [0.05, 0.1) is 29.8 Å². The second-order valence-electron chi connectivity index (χ2n) is 8.38. The predicted octanol–water partition coefficient (Wildman–Crippen LogP) is 5.94. The highest BCUT2D eigenvalue weighted by Crippen LogP contribution is 2.38. The lowest BCUT2D eigenvalue weighted by Gasteiger charge is -2.32. The lowest BCUT2D eigenvalue weighted by atomic mass is 9.93. The third kappa shape index (κ3) is 4.62. The summed E-state index contributed by atoms with van der Waals surface area (Å²) < 4.78 is 0. The number of aromatic nitrogens is 2. The number of rotatable bonds is 7. The molecule has 1 atom stereocenters. The van der Waals surface area contributed by atoms with Crippen LogP contribution in [0.15, 0.2) is 97.6 Å². The summed E-state index contributed by atoms with van der Waals surface area (Å²) >= 11 is 0. The van der Waals surface area contributed by atoms with Gasteiger partial charge in [-0.1, -0.05) is 36.4 Å². The number of amides is 1. The fraction of sp³-hybridized carbons (Fsp3) is 0.179. The number of hydrogen-bond donors (Lipinski definition) is 1. The Kier molecular flexibility index (Phi) is 5.85. The molecule has 164 valence electrons. The fourth-order valence-electron chi connectivity index (χ4n) is 4.18. The molecule has 0 radical (unpaired) electrons. The summed E-state index contributed by atoms with van der Waals surface area (Å²) in [5, 5.41) is 3.09. The molecule has 1 unspecified atom stereocenters. The Morgan fingerprint density at radius 2 is 1.61 bits per heavy atom. The van der Waals surface area contributed by atoms with Gasteiger partial charge in [0.1, 0.15) is 0 Å². The van der Waals surface area contributed by atoms with Gasteiger partial charge in [0.25, 0.3) is 5.91 Å². The Labute approximate surface area is 194 Å². The van der Waals surface area contributed by atoms with E-state index >= 15 is 0 Å². The van der Waals surface area contributed by atoms with Crippen molar-refractivity contribution >= 4 is 17.3 Å². The summed E-state index contributed by atoms with van der Waals surface area (Å²) in [4.78, 5) is 23.6. The van der Waals surface area contributed by atoms with E-state index in [9.17, 15) is 4.79 Å². The van der Waals surface area contributed by atoms with E-state index in [4.69, 9.17) is 0 Å². The zero-order chi connectivity index (χ0) is 22.6. The first-order chi connectivity index (χ1) is 16.2. The highest BCUT2D eigenvalue weighted by atomic mass is 16.1. The molecule has 5 nitrogen and oxygen atoms in total. The summed E-state index contributed by atoms with van der Waals surface area (Å²) in [5.41, 5.74) is 5.96. The first kappa shape index (κ1) is 20.9. The Balaban J connectivity index is 1.54. The van der Waals surface area contributed by atoms with E-state index in [0.717, 1.165) is 40.9 Å². The Bertz CT molecular complexity index is 1200. The van der Waals surface area contributed by atoms with Crippen LogP contribution in [-0.2, 0) is 0 Å². The molecule has 1 aliphatic rings. The van der Waals surface area contributed by atoms with Crippen LogP contribution in [0, 0.1) is 0 Å². The minimum Gasteiger partial charge on any atom is -0.349 e. The van der Waals surface area contributed by atoms with Gasteiger partial charge in [-0.25, -0.2) is 0 Å². The molecule has 2 aromatic heterocycles. The standard InChI is InChI=1S/C28H26N4O/c1-20(32(24-9-5-15-29-18-24)25-10-6-16-30-19-25)26-11-2-3-12-27(26)21-7-4-8-22(17-21)28(33)31-23-13-14-23/h2-12,15-20,23H,13-14H2,1H3,(H,31,33). The maximum absolute atomic E-state index is 12.6. The number of carbonyl (C=O) groups excluding carboxylic acids is 1. The number of hydrogen-bond acceptors (Lipinski definition) is 4. The first-order valence-electron chi connectivity index (χ1n) is 11.3. The number of nitrogens with one attached hydrogen (secondary N) is 1. The average molecular weight is 435 g/mol. The molecule has 1 N–H and O–H groups in total. The van der Waals surface area contributed by atoms with Gasteiger partial charge < -0.3 is 10.2 Å². The molecule has 5 heteroatoms. The molecule has 4 aromatic rings. The first-order valence-corrected chi connectivity index (χ1v) is 11.3. The van der Waals surface area contributed by atoms with Gasteiger partial charge >= 0.3 is 0 Å². The van der Waals surface area contributed by atoms with Crippen LogP contribution in [-0.4, -0.2) is 21.9 Å². The van der Waals surface area contributed by atoms with Crippen LogP contribution in [0.5, 0.6) is 0 Å². The van der Waals surface area contributed by atoms with E-state index in [1.807, 2.05) is 48.8 Å². The molecular weight excluding hydrogens is 408 g/mol. The van der Waals surface area contributed by atoms with Gasteiger partial charge in [-0.3, -0.25) is 14.8 Å². The molecule has 0 aliphatic heterocycles. The molecule has 2 heterocycles. The summed E-state index contributed by atoms with van der Waals surface area (Å²) in [6, 6.07) is 24.6. The smallest absolute Gasteiger partial charge is 0.251 e. The molecule has 1 saturated carbocycles. The van der Waals surface area contributed by atoms with Crippen molar-refractivity contribution in [2.45, 2.75) is 31.8 Å². The minimum absolute atomic E-state index is 0.00135.